The molecule has 3 rings (SSSR count). The van der Waals surface area contributed by atoms with Crippen molar-refractivity contribution in [2.24, 2.45) is 4.99 Å². The van der Waals surface area contributed by atoms with Crippen LogP contribution in [0.15, 0.2) is 29.3 Å². The molecule has 2 aliphatic rings. The number of amides is 2. The highest BCUT2D eigenvalue weighted by molar-refractivity contribution is 14.0. The van der Waals surface area contributed by atoms with Crippen molar-refractivity contribution in [2.45, 2.75) is 46.2 Å². The van der Waals surface area contributed by atoms with Crippen molar-refractivity contribution in [1.82, 2.24) is 25.3 Å². The maximum absolute atomic E-state index is 12.7. The summed E-state index contributed by atoms with van der Waals surface area (Å²) in [7, 11) is 0. The Hall–Kier alpha value is -1.88. The van der Waals surface area contributed by atoms with Crippen LogP contribution >= 0.6 is 24.0 Å². The van der Waals surface area contributed by atoms with E-state index in [0.29, 0.717) is 18.7 Å². The fraction of sp³-hybridized carbons (Fsp3) is 0.625. The van der Waals surface area contributed by atoms with Crippen LogP contribution in [-0.2, 0) is 11.3 Å². The van der Waals surface area contributed by atoms with E-state index in [0.717, 1.165) is 70.2 Å². The molecule has 1 aromatic rings. The van der Waals surface area contributed by atoms with Crippen LogP contribution in [0.25, 0.3) is 0 Å². The third-order valence-corrected chi connectivity index (χ3v) is 6.24. The maximum atomic E-state index is 12.7. The average molecular weight is 571 g/mol. The second kappa shape index (κ2) is 13.7. The molecule has 1 aromatic carbocycles. The van der Waals surface area contributed by atoms with E-state index in [1.54, 1.807) is 0 Å². The molecule has 2 heterocycles. The molecule has 2 saturated heterocycles. The number of hydrogen-bond donors (Lipinski definition) is 2. The van der Waals surface area contributed by atoms with E-state index in [2.05, 4.69) is 27.4 Å². The summed E-state index contributed by atoms with van der Waals surface area (Å²) in [4.78, 5) is 36.1. The summed E-state index contributed by atoms with van der Waals surface area (Å²) in [6, 6.07) is 7.56. The second-order valence-corrected chi connectivity index (χ2v) is 8.46. The predicted molar refractivity (Wildman–Crippen MR) is 143 cm³/mol. The Morgan fingerprint density at radius 1 is 0.909 bits per heavy atom. The summed E-state index contributed by atoms with van der Waals surface area (Å²) in [5.41, 5.74) is 1.73. The van der Waals surface area contributed by atoms with Crippen LogP contribution in [-0.4, -0.2) is 90.9 Å². The molecule has 2 fully saturated rings. The zero-order chi connectivity index (χ0) is 22.9. The molecule has 0 aromatic heterocycles. The molecule has 2 amide bonds. The summed E-state index contributed by atoms with van der Waals surface area (Å²) in [5.74, 6) is 1.12. The number of aliphatic imine (C=N–C) groups is 1. The molecule has 0 saturated carbocycles. The van der Waals surface area contributed by atoms with Gasteiger partial charge in [-0.15, -0.1) is 24.0 Å². The smallest absolute Gasteiger partial charge is 0.251 e. The van der Waals surface area contributed by atoms with Gasteiger partial charge in [-0.25, -0.2) is 4.99 Å². The Kier molecular flexibility index (Phi) is 11.4. The lowest BCUT2D eigenvalue weighted by Gasteiger charge is -2.39. The maximum Gasteiger partial charge on any atom is 0.251 e. The summed E-state index contributed by atoms with van der Waals surface area (Å²) in [6.45, 7) is 13.2. The van der Waals surface area contributed by atoms with Crippen molar-refractivity contribution < 1.29 is 9.59 Å². The lowest BCUT2D eigenvalue weighted by atomic mass is 10.1. The summed E-state index contributed by atoms with van der Waals surface area (Å²) in [6.07, 6.45) is 2.26. The highest BCUT2D eigenvalue weighted by Crippen LogP contribution is 2.14. The van der Waals surface area contributed by atoms with E-state index in [9.17, 15) is 9.59 Å². The summed E-state index contributed by atoms with van der Waals surface area (Å²) in [5, 5.41) is 6.21. The van der Waals surface area contributed by atoms with Crippen LogP contribution < -0.4 is 10.6 Å². The zero-order valence-corrected chi connectivity index (χ0v) is 22.5. The van der Waals surface area contributed by atoms with Gasteiger partial charge in [-0.1, -0.05) is 12.1 Å². The first-order valence-corrected chi connectivity index (χ1v) is 12.0. The monoisotopic (exact) mass is 570 g/mol. The molecule has 1 atom stereocenters. The van der Waals surface area contributed by atoms with Crippen LogP contribution in [0.2, 0.25) is 0 Å². The average Bonchev–Trinajstić information content (AvgIpc) is 3.36. The van der Waals surface area contributed by atoms with Crippen molar-refractivity contribution >= 4 is 41.8 Å². The number of piperazine rings is 1. The van der Waals surface area contributed by atoms with Gasteiger partial charge in [-0.05, 0) is 51.3 Å². The topological polar surface area (TPSA) is 80.3 Å². The van der Waals surface area contributed by atoms with Crippen LogP contribution in [0.3, 0.4) is 0 Å². The van der Waals surface area contributed by atoms with E-state index in [-0.39, 0.29) is 41.8 Å². The minimum absolute atomic E-state index is 0. The normalized spacial score (nSPS) is 18.0. The Labute approximate surface area is 215 Å². The van der Waals surface area contributed by atoms with Gasteiger partial charge in [0.15, 0.2) is 5.96 Å². The number of likely N-dealkylation sites (tertiary alicyclic amines) is 1. The third kappa shape index (κ3) is 7.56. The molecule has 2 N–H and O–H groups in total. The van der Waals surface area contributed by atoms with Crippen molar-refractivity contribution in [3.05, 3.63) is 35.4 Å². The Bertz CT molecular complexity index is 787. The van der Waals surface area contributed by atoms with Gasteiger partial charge in [0.05, 0.1) is 12.6 Å². The molecular weight excluding hydrogens is 531 g/mol. The first kappa shape index (κ1) is 27.4. The van der Waals surface area contributed by atoms with E-state index in [1.807, 2.05) is 43.0 Å². The Balaban J connectivity index is 0.00000385. The van der Waals surface area contributed by atoms with Crippen molar-refractivity contribution in [3.63, 3.8) is 0 Å². The van der Waals surface area contributed by atoms with E-state index >= 15 is 0 Å². The molecular formula is C24H39IN6O2. The molecule has 9 heteroatoms. The standard InChI is InChI=1S/C24H38N6O2.HI/c1-4-25-22(31)21-10-8-20(9-11-21)18-27-24(26-5-2)30-16-14-28(15-17-30)19(3)23(32)29-12-6-7-13-29;/h8-11,19H,4-7,12-18H2,1-3H3,(H,25,31)(H,26,27);1H. The molecule has 8 nitrogen and oxygen atoms in total. The van der Waals surface area contributed by atoms with Crippen LogP contribution in [0.5, 0.6) is 0 Å². The van der Waals surface area contributed by atoms with Gasteiger partial charge in [0.1, 0.15) is 0 Å². The molecule has 0 radical (unpaired) electrons. The summed E-state index contributed by atoms with van der Waals surface area (Å²) >= 11 is 0. The number of halogens is 1. The van der Waals surface area contributed by atoms with E-state index in [4.69, 9.17) is 4.99 Å². The number of carbonyl (C=O) groups is 2. The minimum Gasteiger partial charge on any atom is -0.357 e. The largest absolute Gasteiger partial charge is 0.357 e. The van der Waals surface area contributed by atoms with Gasteiger partial charge >= 0.3 is 0 Å². The highest BCUT2D eigenvalue weighted by atomic mass is 127. The minimum atomic E-state index is -0.0572. The first-order valence-electron chi connectivity index (χ1n) is 12.0. The first-order chi connectivity index (χ1) is 15.5. The Morgan fingerprint density at radius 2 is 1.52 bits per heavy atom. The molecule has 1 unspecified atom stereocenters. The Morgan fingerprint density at radius 3 is 2.09 bits per heavy atom. The van der Waals surface area contributed by atoms with Gasteiger partial charge in [-0.2, -0.15) is 0 Å². The van der Waals surface area contributed by atoms with Crippen LogP contribution in [0.1, 0.15) is 49.5 Å². The van der Waals surface area contributed by atoms with Crippen molar-refractivity contribution in [1.29, 1.82) is 0 Å². The third-order valence-electron chi connectivity index (χ3n) is 6.24. The van der Waals surface area contributed by atoms with Crippen LogP contribution in [0, 0.1) is 0 Å². The quantitative estimate of drug-likeness (QED) is 0.299. The molecule has 0 bridgehead atoms. The number of carbonyl (C=O) groups excluding carboxylic acids is 2. The SMILES string of the molecule is CCNC(=O)c1ccc(CN=C(NCC)N2CCN(C(C)C(=O)N3CCCC3)CC2)cc1.I. The van der Waals surface area contributed by atoms with E-state index < -0.39 is 0 Å². The van der Waals surface area contributed by atoms with Gasteiger partial charge < -0.3 is 20.4 Å². The number of hydrogen-bond acceptors (Lipinski definition) is 4. The zero-order valence-electron chi connectivity index (χ0n) is 20.2. The van der Waals surface area contributed by atoms with Gasteiger partial charge in [0, 0.05) is 57.9 Å². The van der Waals surface area contributed by atoms with E-state index in [1.165, 1.54) is 0 Å². The fourth-order valence-electron chi connectivity index (χ4n) is 4.30. The lowest BCUT2D eigenvalue weighted by Crippen LogP contribution is -2.57. The number of nitrogens with one attached hydrogen (secondary N) is 2. The number of nitrogens with zero attached hydrogens (tertiary/aromatic N) is 4. The van der Waals surface area contributed by atoms with Crippen molar-refractivity contribution in [2.75, 3.05) is 52.4 Å². The highest BCUT2D eigenvalue weighted by Gasteiger charge is 2.30. The van der Waals surface area contributed by atoms with Gasteiger partial charge in [0.25, 0.3) is 5.91 Å². The fourth-order valence-corrected chi connectivity index (χ4v) is 4.30. The number of rotatable bonds is 7. The number of benzene rings is 1. The lowest BCUT2D eigenvalue weighted by molar-refractivity contribution is -0.135. The van der Waals surface area contributed by atoms with Crippen molar-refractivity contribution in [3.8, 4) is 0 Å². The second-order valence-electron chi connectivity index (χ2n) is 8.46. The van der Waals surface area contributed by atoms with Gasteiger partial charge in [-0.3, -0.25) is 14.5 Å². The summed E-state index contributed by atoms with van der Waals surface area (Å²) < 4.78 is 0. The van der Waals surface area contributed by atoms with Crippen LogP contribution in [0.4, 0.5) is 0 Å². The van der Waals surface area contributed by atoms with Gasteiger partial charge in [0.2, 0.25) is 5.91 Å². The predicted octanol–water partition coefficient (Wildman–Crippen LogP) is 2.15. The molecule has 0 spiro atoms. The number of guanidine groups is 1. The molecule has 2 aliphatic heterocycles. The molecule has 0 aliphatic carbocycles. The molecule has 33 heavy (non-hydrogen) atoms. The molecule has 184 valence electrons.